The fourth-order valence-electron chi connectivity index (χ4n) is 7.21. The fourth-order valence-corrected chi connectivity index (χ4v) is 7.21. The molecule has 7 rings (SSSR count). The van der Waals surface area contributed by atoms with Gasteiger partial charge in [0.25, 0.3) is 0 Å². The molecular weight excluding hydrogens is 358 g/mol. The molecule has 3 heterocycles. The number of ether oxygens (including phenoxy) is 3. The molecule has 0 radical (unpaired) electrons. The van der Waals surface area contributed by atoms with Crippen LogP contribution in [0.15, 0.2) is 12.1 Å². The monoisotopic (exact) mass is 385 g/mol. The molecule has 28 heavy (non-hydrogen) atoms. The van der Waals surface area contributed by atoms with E-state index >= 15 is 0 Å². The van der Waals surface area contributed by atoms with E-state index in [9.17, 15) is 10.2 Å². The van der Waals surface area contributed by atoms with Crippen LogP contribution in [0.25, 0.3) is 0 Å². The minimum Gasteiger partial charge on any atom is -0.504 e. The van der Waals surface area contributed by atoms with Crippen LogP contribution in [0, 0.1) is 5.92 Å². The Morgan fingerprint density at radius 1 is 1.11 bits per heavy atom. The highest BCUT2D eigenvalue weighted by molar-refractivity contribution is 5.62. The average Bonchev–Trinajstić information content (AvgIpc) is 3.23. The summed E-state index contributed by atoms with van der Waals surface area (Å²) in [6.45, 7) is 3.16. The number of hydrogen-bond acceptors (Lipinski definition) is 6. The molecule has 150 valence electrons. The van der Waals surface area contributed by atoms with Gasteiger partial charge in [0.2, 0.25) is 5.79 Å². The van der Waals surface area contributed by atoms with Gasteiger partial charge in [0.15, 0.2) is 17.6 Å². The Hall–Kier alpha value is -1.34. The van der Waals surface area contributed by atoms with Crippen molar-refractivity contribution in [3.8, 4) is 11.5 Å². The maximum atomic E-state index is 12.3. The van der Waals surface area contributed by atoms with Crippen molar-refractivity contribution in [2.24, 2.45) is 5.92 Å². The predicted molar refractivity (Wildman–Crippen MR) is 99.4 cm³/mol. The summed E-state index contributed by atoms with van der Waals surface area (Å²) in [5.74, 6) is 0.698. The molecule has 3 aliphatic carbocycles. The van der Waals surface area contributed by atoms with E-state index in [0.717, 1.165) is 37.4 Å². The molecule has 4 fully saturated rings. The van der Waals surface area contributed by atoms with E-state index in [1.54, 1.807) is 6.07 Å². The number of nitrogens with zero attached hydrogens (tertiary/aromatic N) is 1. The smallest absolute Gasteiger partial charge is 0.207 e. The number of aromatic hydroxyl groups is 1. The number of rotatable bonds is 2. The second kappa shape index (κ2) is 5.04. The highest BCUT2D eigenvalue weighted by Gasteiger charge is 2.77. The Morgan fingerprint density at radius 2 is 1.93 bits per heavy atom. The number of likely N-dealkylation sites (tertiary alicyclic amines) is 1. The molecule has 2 saturated carbocycles. The average molecular weight is 385 g/mol. The highest BCUT2D eigenvalue weighted by Crippen LogP contribution is 2.68. The summed E-state index contributed by atoms with van der Waals surface area (Å²) in [7, 11) is 0. The second-order valence-corrected chi connectivity index (χ2v) is 9.76. The number of aliphatic hydroxyl groups is 1. The summed E-state index contributed by atoms with van der Waals surface area (Å²) in [5.41, 5.74) is 0.792. The molecule has 1 aromatic rings. The van der Waals surface area contributed by atoms with Gasteiger partial charge >= 0.3 is 0 Å². The summed E-state index contributed by atoms with van der Waals surface area (Å²) in [5, 5.41) is 22.9. The zero-order chi connectivity index (χ0) is 18.7. The number of hydrogen-bond donors (Lipinski definition) is 2. The molecule has 3 aliphatic heterocycles. The van der Waals surface area contributed by atoms with Gasteiger partial charge in [0.1, 0.15) is 0 Å². The molecule has 2 bridgehead atoms. The van der Waals surface area contributed by atoms with Crippen molar-refractivity contribution in [3.63, 3.8) is 0 Å². The van der Waals surface area contributed by atoms with E-state index in [2.05, 4.69) is 4.90 Å². The lowest BCUT2D eigenvalue weighted by Crippen LogP contribution is -2.79. The lowest BCUT2D eigenvalue weighted by molar-refractivity contribution is -0.296. The summed E-state index contributed by atoms with van der Waals surface area (Å²) in [6, 6.07) is 3.87. The normalized spacial score (nSPS) is 42.5. The Balaban J connectivity index is 1.45. The Kier molecular flexibility index (Phi) is 2.96. The first-order valence-corrected chi connectivity index (χ1v) is 10.8. The minimum absolute atomic E-state index is 0.0923. The molecule has 0 amide bonds. The molecular formula is C22H27NO5. The van der Waals surface area contributed by atoms with Crippen molar-refractivity contribution in [2.45, 2.75) is 67.5 Å². The second-order valence-electron chi connectivity index (χ2n) is 9.76. The molecule has 6 nitrogen and oxygen atoms in total. The lowest BCUT2D eigenvalue weighted by Gasteiger charge is -2.65. The van der Waals surface area contributed by atoms with Crippen LogP contribution >= 0.6 is 0 Å². The van der Waals surface area contributed by atoms with E-state index in [1.165, 1.54) is 18.4 Å². The van der Waals surface area contributed by atoms with Crippen molar-refractivity contribution in [3.05, 3.63) is 23.3 Å². The van der Waals surface area contributed by atoms with Crippen LogP contribution in [0.2, 0.25) is 0 Å². The number of phenols is 1. The molecule has 6 aliphatic rings. The molecule has 2 N–H and O–H groups in total. The molecule has 4 unspecified atom stereocenters. The number of phenolic OH excluding ortho intramolecular Hbond substituents is 1. The van der Waals surface area contributed by atoms with E-state index in [-0.39, 0.29) is 11.8 Å². The van der Waals surface area contributed by atoms with Crippen LogP contribution in [0.5, 0.6) is 11.5 Å². The van der Waals surface area contributed by atoms with Crippen molar-refractivity contribution < 1.29 is 24.4 Å². The zero-order valence-electron chi connectivity index (χ0n) is 16.0. The summed E-state index contributed by atoms with van der Waals surface area (Å²) < 4.78 is 18.8. The van der Waals surface area contributed by atoms with Crippen LogP contribution in [0.3, 0.4) is 0 Å². The van der Waals surface area contributed by atoms with Crippen molar-refractivity contribution in [2.75, 3.05) is 26.3 Å². The van der Waals surface area contributed by atoms with Crippen LogP contribution in [-0.4, -0.2) is 65.0 Å². The Morgan fingerprint density at radius 3 is 2.71 bits per heavy atom. The maximum Gasteiger partial charge on any atom is 0.207 e. The van der Waals surface area contributed by atoms with Gasteiger partial charge in [-0.2, -0.15) is 0 Å². The van der Waals surface area contributed by atoms with Gasteiger partial charge in [-0.15, -0.1) is 0 Å². The third-order valence-corrected chi connectivity index (χ3v) is 8.54. The quantitative estimate of drug-likeness (QED) is 0.808. The van der Waals surface area contributed by atoms with E-state index < -0.39 is 22.9 Å². The van der Waals surface area contributed by atoms with Crippen LogP contribution in [-0.2, 0) is 21.3 Å². The first-order chi connectivity index (χ1) is 13.6. The van der Waals surface area contributed by atoms with Crippen LogP contribution in [0.1, 0.15) is 43.2 Å². The largest absolute Gasteiger partial charge is 0.504 e. The number of piperidine rings is 1. The van der Waals surface area contributed by atoms with Gasteiger partial charge in [-0.1, -0.05) is 6.07 Å². The first-order valence-electron chi connectivity index (χ1n) is 10.8. The van der Waals surface area contributed by atoms with Crippen molar-refractivity contribution >= 4 is 0 Å². The lowest BCUT2D eigenvalue weighted by atomic mass is 9.48. The SMILES string of the molecule is Oc1ccc2c3c1OC1C4(CCC5(O)C(C2)N(CC2CC2)CCC315)OCCO4. The molecule has 0 aromatic heterocycles. The van der Waals surface area contributed by atoms with Gasteiger partial charge in [-0.3, -0.25) is 4.90 Å². The predicted octanol–water partition coefficient (Wildman–Crippen LogP) is 1.70. The Labute approximate surface area is 164 Å². The zero-order valence-corrected chi connectivity index (χ0v) is 16.0. The van der Waals surface area contributed by atoms with Gasteiger partial charge in [0.05, 0.1) is 24.2 Å². The summed E-state index contributed by atoms with van der Waals surface area (Å²) >= 11 is 0. The van der Waals surface area contributed by atoms with Gasteiger partial charge in [-0.05, 0) is 56.2 Å². The van der Waals surface area contributed by atoms with E-state index in [0.29, 0.717) is 31.8 Å². The minimum atomic E-state index is -0.878. The third kappa shape index (κ3) is 1.72. The topological polar surface area (TPSA) is 71.4 Å². The van der Waals surface area contributed by atoms with Crippen molar-refractivity contribution in [1.82, 2.24) is 4.90 Å². The van der Waals surface area contributed by atoms with Gasteiger partial charge in [0, 0.05) is 24.6 Å². The number of benzene rings is 1. The van der Waals surface area contributed by atoms with Crippen molar-refractivity contribution in [1.29, 1.82) is 0 Å². The third-order valence-electron chi connectivity index (χ3n) is 8.54. The Bertz CT molecular complexity index is 863. The highest BCUT2D eigenvalue weighted by atomic mass is 16.8. The van der Waals surface area contributed by atoms with Gasteiger partial charge < -0.3 is 24.4 Å². The molecule has 6 heteroatoms. The standard InChI is InChI=1S/C22H27NO5/c24-15-4-3-14-11-16-21(25)5-6-22(26-9-10-27-22)19-20(21,17(14)18(15)28-19)7-8-23(16)12-13-1-2-13/h3-4,13,16,19,24-25H,1-2,5-12H2. The van der Waals surface area contributed by atoms with Crippen LogP contribution < -0.4 is 4.74 Å². The summed E-state index contributed by atoms with van der Waals surface area (Å²) in [6.07, 6.45) is 5.14. The molecule has 2 spiro atoms. The summed E-state index contributed by atoms with van der Waals surface area (Å²) in [4.78, 5) is 2.54. The maximum absolute atomic E-state index is 12.3. The number of fused-ring (bicyclic) bond motifs is 1. The molecule has 1 aromatic carbocycles. The van der Waals surface area contributed by atoms with Gasteiger partial charge in [-0.25, -0.2) is 0 Å². The first kappa shape index (κ1) is 16.5. The molecule has 2 saturated heterocycles. The van der Waals surface area contributed by atoms with Crippen LogP contribution in [0.4, 0.5) is 0 Å². The fraction of sp³-hybridized carbons (Fsp3) is 0.727. The van der Waals surface area contributed by atoms with E-state index in [1.807, 2.05) is 6.07 Å². The molecule has 4 atom stereocenters. The van der Waals surface area contributed by atoms with E-state index in [4.69, 9.17) is 14.2 Å².